The number of aromatic nitrogens is 2. The van der Waals surface area contributed by atoms with Crippen molar-refractivity contribution in [3.63, 3.8) is 0 Å². The minimum atomic E-state index is -0.664. The van der Waals surface area contributed by atoms with Crippen molar-refractivity contribution >= 4 is 18.1 Å². The molecule has 9 heteroatoms. The van der Waals surface area contributed by atoms with E-state index in [0.29, 0.717) is 23.7 Å². The van der Waals surface area contributed by atoms with Gasteiger partial charge in [0.05, 0.1) is 12.2 Å². The van der Waals surface area contributed by atoms with Gasteiger partial charge in [-0.15, -0.1) is 17.5 Å². The van der Waals surface area contributed by atoms with E-state index in [2.05, 4.69) is 27.3 Å². The fourth-order valence-corrected chi connectivity index (χ4v) is 3.97. The van der Waals surface area contributed by atoms with Gasteiger partial charge in [0.2, 0.25) is 5.89 Å². The number of rotatable bonds is 3. The molecule has 27 heavy (non-hydrogen) atoms. The number of nitrogens with zero attached hydrogens (tertiary/aromatic N) is 2. The van der Waals surface area contributed by atoms with Gasteiger partial charge in [-0.25, -0.2) is 14.3 Å². The van der Waals surface area contributed by atoms with Gasteiger partial charge in [0.25, 0.3) is 0 Å². The maximum absolute atomic E-state index is 14.8. The number of piperidine rings is 1. The molecule has 2 aromatic rings. The Morgan fingerprint density at radius 2 is 2.07 bits per heavy atom. The molecule has 7 nitrogen and oxygen atoms in total. The molecule has 1 aromatic carbocycles. The van der Waals surface area contributed by atoms with E-state index < -0.39 is 11.6 Å². The molecule has 2 aliphatic rings. The molecule has 2 atom stereocenters. The molecule has 1 aromatic heterocycles. The minimum Gasteiger partial charge on any atom is -0.484 e. The van der Waals surface area contributed by atoms with Crippen molar-refractivity contribution in [2.45, 2.75) is 38.8 Å². The van der Waals surface area contributed by atoms with Crippen molar-refractivity contribution < 1.29 is 13.5 Å². The highest BCUT2D eigenvalue weighted by Crippen LogP contribution is 2.41. The van der Waals surface area contributed by atoms with E-state index in [1.54, 1.807) is 6.07 Å². The second-order valence-corrected chi connectivity index (χ2v) is 7.13. The average Bonchev–Trinajstić information content (AvgIpc) is 3.08. The molecule has 2 N–H and O–H groups in total. The van der Waals surface area contributed by atoms with E-state index in [1.165, 1.54) is 6.07 Å². The van der Waals surface area contributed by atoms with Gasteiger partial charge in [0.15, 0.2) is 11.6 Å². The quantitative estimate of drug-likeness (QED) is 0.826. The third kappa shape index (κ3) is 3.82. The summed E-state index contributed by atoms with van der Waals surface area (Å²) >= 11 is 0. The van der Waals surface area contributed by atoms with Gasteiger partial charge in [-0.2, -0.15) is 0 Å². The Hall–Kier alpha value is -2.06. The van der Waals surface area contributed by atoms with Crippen molar-refractivity contribution in [2.24, 2.45) is 5.92 Å². The number of fused-ring (bicyclic) bond motifs is 1. The van der Waals surface area contributed by atoms with Gasteiger partial charge in [0, 0.05) is 11.6 Å². The molecule has 0 saturated carbocycles. The first-order valence-corrected chi connectivity index (χ1v) is 9.06. The van der Waals surface area contributed by atoms with Crippen LogP contribution in [-0.2, 0) is 0 Å². The molecule has 0 radical (unpaired) electrons. The molecule has 1 saturated heterocycles. The van der Waals surface area contributed by atoms with Crippen LogP contribution in [0.1, 0.15) is 26.7 Å². The number of halogens is 2. The lowest BCUT2D eigenvalue weighted by Gasteiger charge is -2.43. The standard InChI is InChI=1S/C18H23FN4O3.ClH/c1-10-9-23(11(2)12-3-5-20-6-4-12)15-8-13(7-14(19)16(15)25-10)17-21-22-18(24)26-17;/h7-8,10-12,20H,3-6,9H2,1-2H3,(H,22,24);1H/t10-,11?;/m1./s1. The zero-order valence-corrected chi connectivity index (χ0v) is 16.1. The maximum atomic E-state index is 14.8. The molecular formula is C18H24ClFN4O3. The summed E-state index contributed by atoms with van der Waals surface area (Å²) in [4.78, 5) is 13.5. The Balaban J connectivity index is 0.00000210. The average molecular weight is 399 g/mol. The van der Waals surface area contributed by atoms with E-state index in [-0.39, 0.29) is 36.2 Å². The van der Waals surface area contributed by atoms with E-state index in [9.17, 15) is 9.18 Å². The lowest BCUT2D eigenvalue weighted by Crippen LogP contribution is -2.48. The smallest absolute Gasteiger partial charge is 0.434 e. The second-order valence-electron chi connectivity index (χ2n) is 7.13. The molecule has 0 bridgehead atoms. The summed E-state index contributed by atoms with van der Waals surface area (Å²) < 4.78 is 25.5. The SMILES string of the molecule is CC(C1CCNCC1)N1C[C@@H](C)Oc2c(F)cc(-c3n[nH]c(=O)o3)cc21.Cl. The number of ether oxygens (including phenoxy) is 1. The van der Waals surface area contributed by atoms with Gasteiger partial charge in [-0.05, 0) is 57.8 Å². The van der Waals surface area contributed by atoms with Crippen LogP contribution in [0, 0.1) is 11.7 Å². The predicted octanol–water partition coefficient (Wildman–Crippen LogP) is 2.57. The van der Waals surface area contributed by atoms with Crippen molar-refractivity contribution in [2.75, 3.05) is 24.5 Å². The van der Waals surface area contributed by atoms with Crippen LogP contribution in [-0.4, -0.2) is 42.0 Å². The molecule has 0 amide bonds. The molecule has 1 fully saturated rings. The number of anilines is 1. The summed E-state index contributed by atoms with van der Waals surface area (Å²) in [5.41, 5.74) is 1.11. The minimum absolute atomic E-state index is 0. The van der Waals surface area contributed by atoms with Gasteiger partial charge in [-0.3, -0.25) is 0 Å². The highest BCUT2D eigenvalue weighted by molar-refractivity contribution is 5.85. The number of H-pyrrole nitrogens is 1. The molecule has 4 rings (SSSR count). The van der Waals surface area contributed by atoms with E-state index >= 15 is 0 Å². The number of hydrogen-bond acceptors (Lipinski definition) is 6. The van der Waals surface area contributed by atoms with Crippen LogP contribution in [0.15, 0.2) is 21.3 Å². The first kappa shape index (κ1) is 19.7. The summed E-state index contributed by atoms with van der Waals surface area (Å²) in [6.45, 7) is 6.84. The number of hydrogen-bond donors (Lipinski definition) is 2. The van der Waals surface area contributed by atoms with Gasteiger partial charge >= 0.3 is 5.76 Å². The van der Waals surface area contributed by atoms with Crippen LogP contribution in [0.2, 0.25) is 0 Å². The second kappa shape index (κ2) is 7.90. The van der Waals surface area contributed by atoms with Gasteiger partial charge in [-0.1, -0.05) is 0 Å². The van der Waals surface area contributed by atoms with Crippen LogP contribution in [0.3, 0.4) is 0 Å². The Morgan fingerprint density at radius 1 is 1.33 bits per heavy atom. The van der Waals surface area contributed by atoms with Crippen molar-refractivity contribution in [1.82, 2.24) is 15.5 Å². The van der Waals surface area contributed by atoms with E-state index in [1.807, 2.05) is 6.92 Å². The zero-order chi connectivity index (χ0) is 18.3. The molecule has 0 aliphatic carbocycles. The van der Waals surface area contributed by atoms with Crippen molar-refractivity contribution in [3.8, 4) is 17.2 Å². The maximum Gasteiger partial charge on any atom is 0.434 e. The first-order chi connectivity index (χ1) is 12.5. The molecular weight excluding hydrogens is 375 g/mol. The Kier molecular flexibility index (Phi) is 5.76. The van der Waals surface area contributed by atoms with Crippen LogP contribution >= 0.6 is 12.4 Å². The zero-order valence-electron chi connectivity index (χ0n) is 15.3. The lowest BCUT2D eigenvalue weighted by atomic mass is 9.89. The Bertz CT molecular complexity index is 849. The molecule has 2 aliphatic heterocycles. The Labute approximate surface area is 162 Å². The highest BCUT2D eigenvalue weighted by atomic mass is 35.5. The highest BCUT2D eigenvalue weighted by Gasteiger charge is 2.33. The summed E-state index contributed by atoms with van der Waals surface area (Å²) in [7, 11) is 0. The topological polar surface area (TPSA) is 83.4 Å². The largest absolute Gasteiger partial charge is 0.484 e. The predicted molar refractivity (Wildman–Crippen MR) is 102 cm³/mol. The molecule has 0 spiro atoms. The van der Waals surface area contributed by atoms with Gasteiger partial charge in [0.1, 0.15) is 6.10 Å². The van der Waals surface area contributed by atoms with E-state index in [4.69, 9.17) is 9.15 Å². The van der Waals surface area contributed by atoms with Crippen LogP contribution in [0.25, 0.3) is 11.5 Å². The lowest BCUT2D eigenvalue weighted by molar-refractivity contribution is 0.189. The van der Waals surface area contributed by atoms with E-state index in [0.717, 1.165) is 25.9 Å². The number of aromatic amines is 1. The third-order valence-electron chi connectivity index (χ3n) is 5.35. The molecule has 3 heterocycles. The van der Waals surface area contributed by atoms with Crippen LogP contribution in [0.4, 0.5) is 10.1 Å². The summed E-state index contributed by atoms with van der Waals surface area (Å²) in [5, 5.41) is 9.41. The van der Waals surface area contributed by atoms with Crippen LogP contribution in [0.5, 0.6) is 5.75 Å². The summed E-state index contributed by atoms with van der Waals surface area (Å²) in [6.07, 6.45) is 2.09. The monoisotopic (exact) mass is 398 g/mol. The van der Waals surface area contributed by atoms with Gasteiger partial charge < -0.3 is 19.4 Å². The number of nitrogens with one attached hydrogen (secondary N) is 2. The number of benzene rings is 1. The first-order valence-electron chi connectivity index (χ1n) is 9.06. The normalized spacial score (nSPS) is 21.1. The van der Waals surface area contributed by atoms with Crippen molar-refractivity contribution in [1.29, 1.82) is 0 Å². The fraction of sp³-hybridized carbons (Fsp3) is 0.556. The third-order valence-corrected chi connectivity index (χ3v) is 5.35. The summed E-state index contributed by atoms with van der Waals surface area (Å²) in [5.74, 6) is -0.277. The Morgan fingerprint density at radius 3 is 2.74 bits per heavy atom. The molecule has 1 unspecified atom stereocenters. The fourth-order valence-electron chi connectivity index (χ4n) is 3.97. The van der Waals surface area contributed by atoms with Crippen LogP contribution < -0.4 is 20.7 Å². The van der Waals surface area contributed by atoms with Crippen molar-refractivity contribution in [3.05, 3.63) is 28.5 Å². The molecule has 148 valence electrons. The summed E-state index contributed by atoms with van der Waals surface area (Å²) in [6, 6.07) is 3.34.